The zero-order valence-electron chi connectivity index (χ0n) is 13.5. The average molecular weight is 422 g/mol. The number of hydrogen-bond acceptors (Lipinski definition) is 3. The van der Waals surface area contributed by atoms with Crippen molar-refractivity contribution in [1.29, 1.82) is 0 Å². The maximum atomic E-state index is 4.81. The topological polar surface area (TPSA) is 40.5 Å². The molecule has 0 aliphatic carbocycles. The van der Waals surface area contributed by atoms with Gasteiger partial charge in [-0.1, -0.05) is 6.92 Å². The number of rotatable bonds is 3. The molecule has 0 spiro atoms. The van der Waals surface area contributed by atoms with Crippen LogP contribution in [0.5, 0.6) is 0 Å². The van der Waals surface area contributed by atoms with Crippen molar-refractivity contribution in [2.75, 3.05) is 19.6 Å². The van der Waals surface area contributed by atoms with Gasteiger partial charge in [0.2, 0.25) is 0 Å². The highest BCUT2D eigenvalue weighted by Gasteiger charge is 2.18. The van der Waals surface area contributed by atoms with Crippen molar-refractivity contribution in [2.45, 2.75) is 47.1 Å². The van der Waals surface area contributed by atoms with Gasteiger partial charge in [0, 0.05) is 24.5 Å². The third-order valence-electron chi connectivity index (χ3n) is 3.79. The molecule has 2 heterocycles. The summed E-state index contributed by atoms with van der Waals surface area (Å²) in [4.78, 5) is 13.0. The van der Waals surface area contributed by atoms with Gasteiger partial charge in [-0.15, -0.1) is 35.3 Å². The molecule has 0 bridgehead atoms. The van der Waals surface area contributed by atoms with Crippen molar-refractivity contribution in [3.8, 4) is 0 Å². The van der Waals surface area contributed by atoms with Gasteiger partial charge in [-0.3, -0.25) is 0 Å². The fourth-order valence-corrected chi connectivity index (χ4v) is 3.37. The number of nitrogens with one attached hydrogen (secondary N) is 1. The number of nitrogens with zero attached hydrogens (tertiary/aromatic N) is 3. The Bertz CT molecular complexity index is 464. The number of piperidine rings is 1. The van der Waals surface area contributed by atoms with Crippen molar-refractivity contribution in [1.82, 2.24) is 15.2 Å². The minimum absolute atomic E-state index is 0. The average Bonchev–Trinajstić information content (AvgIpc) is 2.74. The number of aryl methyl sites for hydroxylation is 2. The van der Waals surface area contributed by atoms with E-state index in [-0.39, 0.29) is 24.0 Å². The molecule has 1 aromatic rings. The first kappa shape index (κ1) is 18.7. The maximum Gasteiger partial charge on any atom is 0.194 e. The van der Waals surface area contributed by atoms with Crippen LogP contribution in [0.15, 0.2) is 4.99 Å². The lowest BCUT2D eigenvalue weighted by molar-refractivity contribution is 0.273. The number of likely N-dealkylation sites (tertiary alicyclic amines) is 1. The zero-order chi connectivity index (χ0) is 14.5. The lowest BCUT2D eigenvalue weighted by Crippen LogP contribution is -2.45. The number of guanidine groups is 1. The standard InChI is InChI=1S/C15H26N4S.HI/c1-5-16-15(19-8-6-11(2)7-9-19)17-10-14-12(3)18-13(4)20-14;/h11H,5-10H2,1-4H3,(H,16,17);1H. The lowest BCUT2D eigenvalue weighted by Gasteiger charge is -2.32. The van der Waals surface area contributed by atoms with Crippen LogP contribution in [0.25, 0.3) is 0 Å². The van der Waals surface area contributed by atoms with E-state index < -0.39 is 0 Å². The van der Waals surface area contributed by atoms with E-state index in [1.165, 1.54) is 17.7 Å². The molecular formula is C15H27IN4S. The molecule has 120 valence electrons. The molecule has 1 N–H and O–H groups in total. The highest BCUT2D eigenvalue weighted by atomic mass is 127. The summed E-state index contributed by atoms with van der Waals surface area (Å²) >= 11 is 1.76. The molecule has 1 fully saturated rings. The van der Waals surface area contributed by atoms with Crippen LogP contribution in [0, 0.1) is 19.8 Å². The molecule has 0 radical (unpaired) electrons. The van der Waals surface area contributed by atoms with Gasteiger partial charge >= 0.3 is 0 Å². The molecular weight excluding hydrogens is 395 g/mol. The van der Waals surface area contributed by atoms with Crippen molar-refractivity contribution in [2.24, 2.45) is 10.9 Å². The Morgan fingerprint density at radius 2 is 2.05 bits per heavy atom. The minimum atomic E-state index is 0. The zero-order valence-corrected chi connectivity index (χ0v) is 16.6. The van der Waals surface area contributed by atoms with Crippen LogP contribution in [-0.4, -0.2) is 35.5 Å². The molecule has 1 aromatic heterocycles. The predicted octanol–water partition coefficient (Wildman–Crippen LogP) is 3.58. The second kappa shape index (κ2) is 8.92. The number of hydrogen-bond donors (Lipinski definition) is 1. The van der Waals surface area contributed by atoms with Crippen molar-refractivity contribution in [3.05, 3.63) is 15.6 Å². The predicted molar refractivity (Wildman–Crippen MR) is 102 cm³/mol. The van der Waals surface area contributed by atoms with Crippen molar-refractivity contribution < 1.29 is 0 Å². The molecule has 0 aromatic carbocycles. The van der Waals surface area contributed by atoms with Gasteiger partial charge < -0.3 is 10.2 Å². The van der Waals surface area contributed by atoms with Gasteiger partial charge in [-0.05, 0) is 39.5 Å². The van der Waals surface area contributed by atoms with Gasteiger partial charge in [0.1, 0.15) is 0 Å². The Balaban J connectivity index is 0.00000220. The monoisotopic (exact) mass is 422 g/mol. The van der Waals surface area contributed by atoms with Crippen LogP contribution < -0.4 is 5.32 Å². The molecule has 1 aliphatic rings. The molecule has 0 atom stereocenters. The Labute approximate surface area is 149 Å². The third kappa shape index (κ3) is 5.39. The fourth-order valence-electron chi connectivity index (χ4n) is 2.51. The Kier molecular flexibility index (Phi) is 7.94. The van der Waals surface area contributed by atoms with Crippen molar-refractivity contribution >= 4 is 41.3 Å². The van der Waals surface area contributed by atoms with Crippen LogP contribution in [0.3, 0.4) is 0 Å². The maximum absolute atomic E-state index is 4.81. The summed E-state index contributed by atoms with van der Waals surface area (Å²) in [6.45, 7) is 12.5. The van der Waals surface area contributed by atoms with Crippen LogP contribution in [0.1, 0.15) is 42.3 Å². The first-order chi connectivity index (χ1) is 9.60. The third-order valence-corrected chi connectivity index (χ3v) is 4.85. The molecule has 4 nitrogen and oxygen atoms in total. The van der Waals surface area contributed by atoms with Crippen LogP contribution in [-0.2, 0) is 6.54 Å². The summed E-state index contributed by atoms with van der Waals surface area (Å²) in [5.74, 6) is 1.91. The molecule has 1 aliphatic heterocycles. The number of aliphatic imine (C=N–C) groups is 1. The van der Waals surface area contributed by atoms with E-state index in [0.717, 1.165) is 48.8 Å². The molecule has 21 heavy (non-hydrogen) atoms. The van der Waals surface area contributed by atoms with Gasteiger partial charge in [0.05, 0.1) is 17.2 Å². The highest BCUT2D eigenvalue weighted by molar-refractivity contribution is 14.0. The molecule has 0 saturated carbocycles. The summed E-state index contributed by atoms with van der Waals surface area (Å²) in [5, 5.41) is 4.55. The largest absolute Gasteiger partial charge is 0.357 e. The molecule has 2 rings (SSSR count). The summed E-state index contributed by atoms with van der Waals surface area (Å²) in [5.41, 5.74) is 1.12. The molecule has 0 amide bonds. The summed E-state index contributed by atoms with van der Waals surface area (Å²) in [6, 6.07) is 0. The highest BCUT2D eigenvalue weighted by Crippen LogP contribution is 2.19. The molecule has 1 saturated heterocycles. The van der Waals surface area contributed by atoms with Gasteiger partial charge in [-0.2, -0.15) is 0 Å². The van der Waals surface area contributed by atoms with E-state index in [4.69, 9.17) is 4.99 Å². The van der Waals surface area contributed by atoms with Crippen LogP contribution >= 0.6 is 35.3 Å². The Morgan fingerprint density at radius 3 is 2.57 bits per heavy atom. The SMILES string of the molecule is CCNC(=NCc1sc(C)nc1C)N1CCC(C)CC1.I. The normalized spacial score (nSPS) is 16.8. The number of aromatic nitrogens is 1. The van der Waals surface area contributed by atoms with Crippen LogP contribution in [0.2, 0.25) is 0 Å². The van der Waals surface area contributed by atoms with E-state index >= 15 is 0 Å². The lowest BCUT2D eigenvalue weighted by atomic mass is 10.00. The van der Waals surface area contributed by atoms with E-state index in [0.29, 0.717) is 0 Å². The second-order valence-electron chi connectivity index (χ2n) is 5.58. The second-order valence-corrected chi connectivity index (χ2v) is 6.87. The van der Waals surface area contributed by atoms with E-state index in [1.54, 1.807) is 11.3 Å². The minimum Gasteiger partial charge on any atom is -0.357 e. The summed E-state index contributed by atoms with van der Waals surface area (Å²) in [7, 11) is 0. The Morgan fingerprint density at radius 1 is 1.38 bits per heavy atom. The number of halogens is 1. The van der Waals surface area contributed by atoms with E-state index in [1.807, 2.05) is 0 Å². The van der Waals surface area contributed by atoms with Gasteiger partial charge in [0.15, 0.2) is 5.96 Å². The fraction of sp³-hybridized carbons (Fsp3) is 0.733. The summed E-state index contributed by atoms with van der Waals surface area (Å²) < 4.78 is 0. The van der Waals surface area contributed by atoms with Crippen molar-refractivity contribution in [3.63, 3.8) is 0 Å². The quantitative estimate of drug-likeness (QED) is 0.460. The first-order valence-corrected chi connectivity index (χ1v) is 8.38. The number of thiazole rings is 1. The van der Waals surface area contributed by atoms with Gasteiger partial charge in [-0.25, -0.2) is 9.98 Å². The van der Waals surface area contributed by atoms with E-state index in [9.17, 15) is 0 Å². The smallest absolute Gasteiger partial charge is 0.194 e. The first-order valence-electron chi connectivity index (χ1n) is 7.56. The van der Waals surface area contributed by atoms with Crippen LogP contribution in [0.4, 0.5) is 0 Å². The molecule has 6 heteroatoms. The molecule has 0 unspecified atom stereocenters. The van der Waals surface area contributed by atoms with E-state index in [2.05, 4.69) is 42.9 Å². The Hall–Kier alpha value is -0.370. The van der Waals surface area contributed by atoms with Gasteiger partial charge in [0.25, 0.3) is 0 Å². The summed E-state index contributed by atoms with van der Waals surface area (Å²) in [6.07, 6.45) is 2.53.